The van der Waals surface area contributed by atoms with Crippen molar-refractivity contribution in [2.45, 2.75) is 38.8 Å². The molecule has 1 heterocycles. The van der Waals surface area contributed by atoms with Crippen LogP contribution in [0.25, 0.3) is 0 Å². The first-order valence-corrected chi connectivity index (χ1v) is 6.53. The molecule has 1 amide bonds. The summed E-state index contributed by atoms with van der Waals surface area (Å²) in [5.41, 5.74) is 1.02. The SMILES string of the molecule is Cc1csc(CNC(=O)CCNC2CC2)n1. The smallest absolute Gasteiger partial charge is 0.221 e. The molecule has 5 heteroatoms. The minimum atomic E-state index is 0.0982. The summed E-state index contributed by atoms with van der Waals surface area (Å²) < 4.78 is 0. The molecule has 2 rings (SSSR count). The fourth-order valence-electron chi connectivity index (χ4n) is 1.42. The number of carbonyl (C=O) groups excluding carboxylic acids is 1. The van der Waals surface area contributed by atoms with Crippen LogP contribution in [0.1, 0.15) is 30.0 Å². The Balaban J connectivity index is 1.59. The Kier molecular flexibility index (Phi) is 3.90. The van der Waals surface area contributed by atoms with Crippen LogP contribution < -0.4 is 10.6 Å². The Morgan fingerprint density at radius 3 is 3.06 bits per heavy atom. The van der Waals surface area contributed by atoms with Gasteiger partial charge in [-0.05, 0) is 19.8 Å². The van der Waals surface area contributed by atoms with Gasteiger partial charge >= 0.3 is 0 Å². The normalized spacial score (nSPS) is 15.1. The molecule has 0 atom stereocenters. The highest BCUT2D eigenvalue weighted by molar-refractivity contribution is 7.09. The summed E-state index contributed by atoms with van der Waals surface area (Å²) in [6.45, 7) is 3.30. The molecule has 0 radical (unpaired) electrons. The van der Waals surface area contributed by atoms with Gasteiger partial charge in [-0.15, -0.1) is 11.3 Å². The number of thiazole rings is 1. The Morgan fingerprint density at radius 2 is 2.44 bits per heavy atom. The minimum Gasteiger partial charge on any atom is -0.350 e. The molecule has 4 nitrogen and oxygen atoms in total. The highest BCUT2D eigenvalue weighted by Gasteiger charge is 2.19. The number of rotatable bonds is 6. The predicted molar refractivity (Wildman–Crippen MR) is 64.3 cm³/mol. The highest BCUT2D eigenvalue weighted by Crippen LogP contribution is 2.18. The first-order valence-electron chi connectivity index (χ1n) is 5.65. The summed E-state index contributed by atoms with van der Waals surface area (Å²) in [5, 5.41) is 9.16. The molecule has 1 aliphatic carbocycles. The van der Waals surface area contributed by atoms with Gasteiger partial charge in [0.2, 0.25) is 5.91 Å². The topological polar surface area (TPSA) is 54.0 Å². The van der Waals surface area contributed by atoms with E-state index in [1.807, 2.05) is 12.3 Å². The predicted octanol–water partition coefficient (Wildman–Crippen LogP) is 1.21. The van der Waals surface area contributed by atoms with Gasteiger partial charge < -0.3 is 10.6 Å². The van der Waals surface area contributed by atoms with Crippen LogP contribution in [0.2, 0.25) is 0 Å². The average molecular weight is 239 g/mol. The third kappa shape index (κ3) is 3.90. The summed E-state index contributed by atoms with van der Waals surface area (Å²) in [6, 6.07) is 0.675. The zero-order valence-electron chi connectivity index (χ0n) is 9.45. The van der Waals surface area contributed by atoms with E-state index in [9.17, 15) is 4.79 Å². The van der Waals surface area contributed by atoms with Crippen molar-refractivity contribution in [1.82, 2.24) is 15.6 Å². The van der Waals surface area contributed by atoms with Crippen molar-refractivity contribution in [3.8, 4) is 0 Å². The van der Waals surface area contributed by atoms with Gasteiger partial charge in [-0.1, -0.05) is 0 Å². The van der Waals surface area contributed by atoms with Crippen LogP contribution >= 0.6 is 11.3 Å². The molecule has 0 aromatic carbocycles. The fraction of sp³-hybridized carbons (Fsp3) is 0.636. The molecule has 0 bridgehead atoms. The quantitative estimate of drug-likeness (QED) is 0.784. The van der Waals surface area contributed by atoms with E-state index in [-0.39, 0.29) is 5.91 Å². The Bertz CT molecular complexity index is 360. The van der Waals surface area contributed by atoms with E-state index in [4.69, 9.17) is 0 Å². The third-order valence-electron chi connectivity index (χ3n) is 2.47. The van der Waals surface area contributed by atoms with E-state index >= 15 is 0 Å². The maximum atomic E-state index is 11.5. The summed E-state index contributed by atoms with van der Waals surface area (Å²) in [5.74, 6) is 0.0982. The second kappa shape index (κ2) is 5.41. The van der Waals surface area contributed by atoms with Gasteiger partial charge in [0.25, 0.3) is 0 Å². The van der Waals surface area contributed by atoms with E-state index in [2.05, 4.69) is 15.6 Å². The standard InChI is InChI=1S/C11H17N3OS/c1-8-7-16-11(14-8)6-13-10(15)4-5-12-9-2-3-9/h7,9,12H,2-6H2,1H3,(H,13,15). The molecule has 0 saturated heterocycles. The molecule has 0 unspecified atom stereocenters. The lowest BCUT2D eigenvalue weighted by Gasteiger charge is -2.03. The number of hydrogen-bond donors (Lipinski definition) is 2. The summed E-state index contributed by atoms with van der Waals surface area (Å²) in [7, 11) is 0. The van der Waals surface area contributed by atoms with Crippen molar-refractivity contribution in [1.29, 1.82) is 0 Å². The average Bonchev–Trinajstić information content (AvgIpc) is 2.98. The van der Waals surface area contributed by atoms with Crippen LogP contribution in [0, 0.1) is 6.92 Å². The van der Waals surface area contributed by atoms with E-state index < -0.39 is 0 Å². The van der Waals surface area contributed by atoms with Crippen LogP contribution in [-0.2, 0) is 11.3 Å². The molecule has 1 saturated carbocycles. The van der Waals surface area contributed by atoms with Gasteiger partial charge in [0.15, 0.2) is 0 Å². The van der Waals surface area contributed by atoms with Gasteiger partial charge in [0, 0.05) is 30.1 Å². The third-order valence-corrected chi connectivity index (χ3v) is 3.43. The summed E-state index contributed by atoms with van der Waals surface area (Å²) >= 11 is 1.59. The van der Waals surface area contributed by atoms with Crippen molar-refractivity contribution >= 4 is 17.2 Å². The number of aryl methyl sites for hydroxylation is 1. The molecular formula is C11H17N3OS. The summed E-state index contributed by atoms with van der Waals surface area (Å²) in [4.78, 5) is 15.7. The Morgan fingerprint density at radius 1 is 1.62 bits per heavy atom. The second-order valence-electron chi connectivity index (χ2n) is 4.14. The van der Waals surface area contributed by atoms with Crippen LogP contribution in [0.4, 0.5) is 0 Å². The van der Waals surface area contributed by atoms with Crippen molar-refractivity contribution in [3.63, 3.8) is 0 Å². The lowest BCUT2D eigenvalue weighted by atomic mass is 10.4. The minimum absolute atomic E-state index is 0.0982. The van der Waals surface area contributed by atoms with Crippen molar-refractivity contribution in [2.75, 3.05) is 6.54 Å². The molecule has 1 aromatic heterocycles. The zero-order chi connectivity index (χ0) is 11.4. The maximum absolute atomic E-state index is 11.5. The number of nitrogens with zero attached hydrogens (tertiary/aromatic N) is 1. The number of carbonyl (C=O) groups is 1. The van der Waals surface area contributed by atoms with Gasteiger partial charge in [-0.25, -0.2) is 4.98 Å². The van der Waals surface area contributed by atoms with Gasteiger partial charge in [-0.2, -0.15) is 0 Å². The first kappa shape index (κ1) is 11.5. The van der Waals surface area contributed by atoms with Gasteiger partial charge in [0.1, 0.15) is 5.01 Å². The second-order valence-corrected chi connectivity index (χ2v) is 5.08. The number of amides is 1. The van der Waals surface area contributed by atoms with Crippen LogP contribution in [0.5, 0.6) is 0 Å². The molecule has 2 N–H and O–H groups in total. The molecule has 0 aliphatic heterocycles. The fourth-order valence-corrected chi connectivity index (χ4v) is 2.14. The Hall–Kier alpha value is -0.940. The van der Waals surface area contributed by atoms with E-state index in [1.165, 1.54) is 12.8 Å². The van der Waals surface area contributed by atoms with E-state index in [0.29, 0.717) is 19.0 Å². The van der Waals surface area contributed by atoms with Crippen molar-refractivity contribution in [3.05, 3.63) is 16.1 Å². The summed E-state index contributed by atoms with van der Waals surface area (Å²) in [6.07, 6.45) is 3.08. The van der Waals surface area contributed by atoms with Gasteiger partial charge in [-0.3, -0.25) is 4.79 Å². The number of hydrogen-bond acceptors (Lipinski definition) is 4. The molecule has 88 valence electrons. The van der Waals surface area contributed by atoms with Crippen LogP contribution in [0.3, 0.4) is 0 Å². The number of aromatic nitrogens is 1. The highest BCUT2D eigenvalue weighted by atomic mass is 32.1. The molecule has 1 aliphatic rings. The molecule has 0 spiro atoms. The number of nitrogens with one attached hydrogen (secondary N) is 2. The molecular weight excluding hydrogens is 222 g/mol. The lowest BCUT2D eigenvalue weighted by molar-refractivity contribution is -0.121. The van der Waals surface area contributed by atoms with Crippen LogP contribution in [0.15, 0.2) is 5.38 Å². The molecule has 16 heavy (non-hydrogen) atoms. The van der Waals surface area contributed by atoms with Gasteiger partial charge in [0.05, 0.1) is 6.54 Å². The first-order chi connectivity index (χ1) is 7.74. The van der Waals surface area contributed by atoms with Crippen molar-refractivity contribution in [2.24, 2.45) is 0 Å². The lowest BCUT2D eigenvalue weighted by Crippen LogP contribution is -2.28. The largest absolute Gasteiger partial charge is 0.350 e. The van der Waals surface area contributed by atoms with E-state index in [1.54, 1.807) is 11.3 Å². The molecule has 1 aromatic rings. The van der Waals surface area contributed by atoms with Crippen LogP contribution in [-0.4, -0.2) is 23.5 Å². The zero-order valence-corrected chi connectivity index (χ0v) is 10.3. The monoisotopic (exact) mass is 239 g/mol. The maximum Gasteiger partial charge on any atom is 0.221 e. The van der Waals surface area contributed by atoms with Crippen molar-refractivity contribution < 1.29 is 4.79 Å². The van der Waals surface area contributed by atoms with E-state index in [0.717, 1.165) is 17.2 Å². The molecule has 1 fully saturated rings. The Labute approximate surface area is 99.5 Å².